The molecular weight excluding hydrogens is 269 g/mol. The van der Waals surface area contributed by atoms with Crippen LogP contribution in [0.3, 0.4) is 0 Å². The van der Waals surface area contributed by atoms with Gasteiger partial charge in [0.15, 0.2) is 6.04 Å². The number of esters is 1. The summed E-state index contributed by atoms with van der Waals surface area (Å²) in [5.41, 5.74) is 2.12. The van der Waals surface area contributed by atoms with Gasteiger partial charge in [-0.2, -0.15) is 0 Å². The summed E-state index contributed by atoms with van der Waals surface area (Å²) in [5, 5.41) is 3.03. The number of hydrogen-bond donors (Lipinski definition) is 1. The van der Waals surface area contributed by atoms with Gasteiger partial charge in [0.2, 0.25) is 0 Å². The highest BCUT2D eigenvalue weighted by Gasteiger charge is 2.24. The summed E-state index contributed by atoms with van der Waals surface area (Å²) < 4.78 is 19.0. The Balaban J connectivity index is 2.30. The van der Waals surface area contributed by atoms with E-state index in [1.807, 2.05) is 31.2 Å². The van der Waals surface area contributed by atoms with E-state index in [-0.39, 0.29) is 12.2 Å². The molecule has 0 saturated heterocycles. The van der Waals surface area contributed by atoms with Crippen LogP contribution < -0.4 is 5.32 Å². The van der Waals surface area contributed by atoms with Crippen molar-refractivity contribution in [3.63, 3.8) is 0 Å². The van der Waals surface area contributed by atoms with Gasteiger partial charge in [-0.1, -0.05) is 35.9 Å². The molecule has 21 heavy (non-hydrogen) atoms. The number of anilines is 1. The number of carbonyl (C=O) groups excluding carboxylic acids is 1. The minimum absolute atomic E-state index is 0.249. The molecule has 0 saturated carbocycles. The van der Waals surface area contributed by atoms with E-state index in [0.717, 1.165) is 11.3 Å². The highest BCUT2D eigenvalue weighted by Crippen LogP contribution is 2.23. The number of aryl methyl sites for hydroxylation is 1. The van der Waals surface area contributed by atoms with Gasteiger partial charge < -0.3 is 10.1 Å². The number of ether oxygens (including phenoxy) is 1. The van der Waals surface area contributed by atoms with Gasteiger partial charge in [0.1, 0.15) is 5.82 Å². The van der Waals surface area contributed by atoms with Crippen LogP contribution in [0.2, 0.25) is 0 Å². The average molecular weight is 287 g/mol. The van der Waals surface area contributed by atoms with Crippen molar-refractivity contribution in [3.8, 4) is 0 Å². The fraction of sp³-hybridized carbons (Fsp3) is 0.235. The first kappa shape index (κ1) is 15.0. The highest BCUT2D eigenvalue weighted by atomic mass is 19.1. The number of nitrogens with one attached hydrogen (secondary N) is 1. The van der Waals surface area contributed by atoms with Crippen molar-refractivity contribution in [1.29, 1.82) is 0 Å². The second-order valence-electron chi connectivity index (χ2n) is 4.72. The second-order valence-corrected chi connectivity index (χ2v) is 4.72. The van der Waals surface area contributed by atoms with Crippen molar-refractivity contribution in [2.45, 2.75) is 19.9 Å². The van der Waals surface area contributed by atoms with E-state index < -0.39 is 17.8 Å². The predicted molar refractivity (Wildman–Crippen MR) is 80.6 cm³/mol. The third-order valence-electron chi connectivity index (χ3n) is 3.10. The molecule has 0 amide bonds. The van der Waals surface area contributed by atoms with E-state index in [4.69, 9.17) is 4.74 Å². The van der Waals surface area contributed by atoms with Crippen LogP contribution in [0.1, 0.15) is 24.1 Å². The summed E-state index contributed by atoms with van der Waals surface area (Å²) in [6.07, 6.45) is 0. The van der Waals surface area contributed by atoms with E-state index in [9.17, 15) is 9.18 Å². The van der Waals surface area contributed by atoms with Crippen LogP contribution in [0.4, 0.5) is 10.1 Å². The Morgan fingerprint density at radius 1 is 1.19 bits per heavy atom. The molecule has 2 rings (SSSR count). The molecule has 4 heteroatoms. The van der Waals surface area contributed by atoms with Crippen LogP contribution in [-0.2, 0) is 9.53 Å². The Morgan fingerprint density at radius 3 is 2.48 bits per heavy atom. The lowest BCUT2D eigenvalue weighted by Gasteiger charge is -2.19. The zero-order chi connectivity index (χ0) is 15.2. The fourth-order valence-corrected chi connectivity index (χ4v) is 2.01. The molecule has 1 atom stereocenters. The molecular formula is C17H18FNO2. The lowest BCUT2D eigenvalue weighted by molar-refractivity contribution is -0.144. The minimum atomic E-state index is -0.867. The van der Waals surface area contributed by atoms with Crippen LogP contribution in [-0.4, -0.2) is 12.6 Å². The summed E-state index contributed by atoms with van der Waals surface area (Å²) in [5.74, 6) is -0.932. The Morgan fingerprint density at radius 2 is 1.86 bits per heavy atom. The summed E-state index contributed by atoms with van der Waals surface area (Å²) in [6.45, 7) is 3.95. The molecule has 110 valence electrons. The summed E-state index contributed by atoms with van der Waals surface area (Å²) >= 11 is 0. The van der Waals surface area contributed by atoms with E-state index in [2.05, 4.69) is 5.32 Å². The Labute approximate surface area is 123 Å². The third kappa shape index (κ3) is 3.81. The monoisotopic (exact) mass is 287 g/mol. The predicted octanol–water partition coefficient (Wildman–Crippen LogP) is 3.85. The van der Waals surface area contributed by atoms with E-state index in [1.54, 1.807) is 25.1 Å². The van der Waals surface area contributed by atoms with Gasteiger partial charge in [-0.15, -0.1) is 0 Å². The molecule has 0 spiro atoms. The van der Waals surface area contributed by atoms with E-state index in [0.29, 0.717) is 0 Å². The van der Waals surface area contributed by atoms with Crippen LogP contribution in [0.5, 0.6) is 0 Å². The number of carbonyl (C=O) groups is 1. The van der Waals surface area contributed by atoms with Crippen molar-refractivity contribution in [2.75, 3.05) is 11.9 Å². The Kier molecular flexibility index (Phi) is 4.93. The highest BCUT2D eigenvalue weighted by molar-refractivity contribution is 5.81. The molecule has 3 nitrogen and oxygen atoms in total. The maximum atomic E-state index is 14.0. The minimum Gasteiger partial charge on any atom is -0.464 e. The molecule has 1 unspecified atom stereocenters. The molecule has 0 heterocycles. The number of benzene rings is 2. The maximum absolute atomic E-state index is 14.0. The fourth-order valence-electron chi connectivity index (χ4n) is 2.01. The van der Waals surface area contributed by atoms with Gasteiger partial charge in [0, 0.05) is 11.3 Å². The SMILES string of the molecule is CCOC(=O)C(Nc1ccc(C)cc1)c1ccccc1F. The Bertz CT molecular complexity index is 610. The average Bonchev–Trinajstić information content (AvgIpc) is 2.48. The van der Waals surface area contributed by atoms with Crippen molar-refractivity contribution in [2.24, 2.45) is 0 Å². The van der Waals surface area contributed by atoms with Crippen LogP contribution in [0, 0.1) is 12.7 Å². The zero-order valence-corrected chi connectivity index (χ0v) is 12.1. The molecule has 0 radical (unpaired) electrons. The quantitative estimate of drug-likeness (QED) is 0.849. The molecule has 0 aliphatic rings. The first-order valence-corrected chi connectivity index (χ1v) is 6.86. The summed E-state index contributed by atoms with van der Waals surface area (Å²) in [7, 11) is 0. The van der Waals surface area contributed by atoms with E-state index in [1.165, 1.54) is 6.07 Å². The van der Waals surface area contributed by atoms with E-state index >= 15 is 0 Å². The van der Waals surface area contributed by atoms with Crippen molar-refractivity contribution in [1.82, 2.24) is 0 Å². The molecule has 2 aromatic carbocycles. The summed E-state index contributed by atoms with van der Waals surface area (Å²) in [4.78, 5) is 12.1. The second kappa shape index (κ2) is 6.88. The third-order valence-corrected chi connectivity index (χ3v) is 3.10. The molecule has 0 aliphatic heterocycles. The lowest BCUT2D eigenvalue weighted by atomic mass is 10.1. The van der Waals surface area contributed by atoms with Gasteiger partial charge >= 0.3 is 5.97 Å². The van der Waals surface area contributed by atoms with Crippen LogP contribution in [0.25, 0.3) is 0 Å². The van der Waals surface area contributed by atoms with Gasteiger partial charge in [-0.25, -0.2) is 9.18 Å². The topological polar surface area (TPSA) is 38.3 Å². The number of rotatable bonds is 5. The van der Waals surface area contributed by atoms with Crippen LogP contribution >= 0.6 is 0 Å². The van der Waals surface area contributed by atoms with Gasteiger partial charge in [0.05, 0.1) is 6.61 Å². The number of halogens is 1. The molecule has 2 aromatic rings. The first-order chi connectivity index (χ1) is 10.1. The molecule has 0 fully saturated rings. The van der Waals surface area contributed by atoms with Gasteiger partial charge in [0.25, 0.3) is 0 Å². The lowest BCUT2D eigenvalue weighted by Crippen LogP contribution is -2.24. The standard InChI is InChI=1S/C17H18FNO2/c1-3-21-17(20)16(14-6-4-5-7-15(14)18)19-13-10-8-12(2)9-11-13/h4-11,16,19H,3H2,1-2H3. The van der Waals surface area contributed by atoms with Crippen molar-refractivity contribution < 1.29 is 13.9 Å². The molecule has 1 N–H and O–H groups in total. The number of hydrogen-bond acceptors (Lipinski definition) is 3. The summed E-state index contributed by atoms with van der Waals surface area (Å²) in [6, 6.07) is 12.9. The molecule has 0 aliphatic carbocycles. The van der Waals surface area contributed by atoms with Crippen molar-refractivity contribution in [3.05, 3.63) is 65.5 Å². The Hall–Kier alpha value is -2.36. The first-order valence-electron chi connectivity index (χ1n) is 6.86. The molecule has 0 aromatic heterocycles. The van der Waals surface area contributed by atoms with Gasteiger partial charge in [-0.3, -0.25) is 0 Å². The largest absolute Gasteiger partial charge is 0.464 e. The smallest absolute Gasteiger partial charge is 0.333 e. The van der Waals surface area contributed by atoms with Gasteiger partial charge in [-0.05, 0) is 32.0 Å². The van der Waals surface area contributed by atoms with Crippen molar-refractivity contribution >= 4 is 11.7 Å². The molecule has 0 bridgehead atoms. The van der Waals surface area contributed by atoms with Crippen LogP contribution in [0.15, 0.2) is 48.5 Å². The zero-order valence-electron chi connectivity index (χ0n) is 12.1. The maximum Gasteiger partial charge on any atom is 0.333 e. The normalized spacial score (nSPS) is 11.8.